The molecule has 0 N–H and O–H groups in total. The van der Waals surface area contributed by atoms with E-state index in [0.29, 0.717) is 44.0 Å². The molecular formula is C20H24N4O3. The van der Waals surface area contributed by atoms with Gasteiger partial charge in [-0.2, -0.15) is 10.4 Å². The van der Waals surface area contributed by atoms with Crippen LogP contribution in [-0.2, 0) is 4.74 Å². The van der Waals surface area contributed by atoms with E-state index in [1.165, 1.54) is 0 Å². The lowest BCUT2D eigenvalue weighted by Crippen LogP contribution is -2.44. The molecule has 1 aromatic carbocycles. The molecule has 142 valence electrons. The van der Waals surface area contributed by atoms with Crippen molar-refractivity contribution >= 4 is 5.91 Å². The van der Waals surface area contributed by atoms with Gasteiger partial charge in [0.15, 0.2) is 5.69 Å². The van der Waals surface area contributed by atoms with Crippen LogP contribution in [0, 0.1) is 23.7 Å². The molecule has 1 aromatic heterocycles. The van der Waals surface area contributed by atoms with Crippen molar-refractivity contribution in [2.45, 2.75) is 19.8 Å². The van der Waals surface area contributed by atoms with Crippen LogP contribution >= 0.6 is 0 Å². The Bertz CT molecular complexity index is 860. The monoisotopic (exact) mass is 368 g/mol. The van der Waals surface area contributed by atoms with Crippen molar-refractivity contribution in [2.75, 3.05) is 33.9 Å². The molecule has 2 aromatic rings. The summed E-state index contributed by atoms with van der Waals surface area (Å²) in [6.45, 7) is 3.44. The number of ether oxygens (including phenoxy) is 2. The van der Waals surface area contributed by atoms with Crippen molar-refractivity contribution in [3.05, 3.63) is 41.7 Å². The highest BCUT2D eigenvalue weighted by Gasteiger charge is 2.36. The molecule has 0 bridgehead atoms. The number of aromatic nitrogens is 2. The van der Waals surface area contributed by atoms with Crippen molar-refractivity contribution in [2.24, 2.45) is 5.41 Å². The molecule has 0 aliphatic carbocycles. The van der Waals surface area contributed by atoms with E-state index in [9.17, 15) is 10.1 Å². The highest BCUT2D eigenvalue weighted by atomic mass is 16.5. The predicted molar refractivity (Wildman–Crippen MR) is 99.9 cm³/mol. The number of amides is 1. The molecule has 27 heavy (non-hydrogen) atoms. The molecule has 7 nitrogen and oxygen atoms in total. The van der Waals surface area contributed by atoms with Crippen LogP contribution in [0.1, 0.15) is 28.9 Å². The number of aryl methyl sites for hydroxylation is 1. The number of likely N-dealkylation sites (tertiary alicyclic amines) is 1. The molecular weight excluding hydrogens is 344 g/mol. The summed E-state index contributed by atoms with van der Waals surface area (Å²) in [7, 11) is 3.21. The van der Waals surface area contributed by atoms with E-state index in [1.54, 1.807) is 36.1 Å². The van der Waals surface area contributed by atoms with Crippen LogP contribution in [0.3, 0.4) is 0 Å². The van der Waals surface area contributed by atoms with Gasteiger partial charge in [0.2, 0.25) is 0 Å². The number of hydrogen-bond acceptors (Lipinski definition) is 5. The quantitative estimate of drug-likeness (QED) is 0.810. The second-order valence-electron chi connectivity index (χ2n) is 6.94. The van der Waals surface area contributed by atoms with Crippen LogP contribution in [0.15, 0.2) is 30.5 Å². The number of carbonyl (C=O) groups is 1. The SMILES string of the molecule is COCC1(C#N)CCN(C(=O)c2ccn(-c3cc(C)ccc3OC)n2)CC1. The Morgan fingerprint density at radius 2 is 2.04 bits per heavy atom. The molecule has 0 atom stereocenters. The molecule has 1 aliphatic rings. The van der Waals surface area contributed by atoms with Gasteiger partial charge in [0.05, 0.1) is 25.2 Å². The number of methoxy groups -OCH3 is 2. The van der Waals surface area contributed by atoms with E-state index in [0.717, 1.165) is 11.3 Å². The van der Waals surface area contributed by atoms with Crippen LogP contribution in [-0.4, -0.2) is 54.5 Å². The third-order valence-corrected chi connectivity index (χ3v) is 5.05. The second-order valence-corrected chi connectivity index (χ2v) is 6.94. The minimum Gasteiger partial charge on any atom is -0.494 e. The maximum Gasteiger partial charge on any atom is 0.274 e. The summed E-state index contributed by atoms with van der Waals surface area (Å²) >= 11 is 0. The fourth-order valence-corrected chi connectivity index (χ4v) is 3.42. The van der Waals surface area contributed by atoms with Crippen molar-refractivity contribution in [3.63, 3.8) is 0 Å². The summed E-state index contributed by atoms with van der Waals surface area (Å²) in [5.74, 6) is 0.573. The van der Waals surface area contributed by atoms with Crippen LogP contribution in [0.25, 0.3) is 5.69 Å². The zero-order valence-electron chi connectivity index (χ0n) is 15.9. The number of benzene rings is 1. The number of nitrogens with zero attached hydrogens (tertiary/aromatic N) is 4. The molecule has 1 fully saturated rings. The average molecular weight is 368 g/mol. The highest BCUT2D eigenvalue weighted by Crippen LogP contribution is 2.31. The number of piperidine rings is 1. The fourth-order valence-electron chi connectivity index (χ4n) is 3.42. The van der Waals surface area contributed by atoms with Crippen LogP contribution < -0.4 is 4.74 Å². The van der Waals surface area contributed by atoms with Crippen LogP contribution in [0.2, 0.25) is 0 Å². The average Bonchev–Trinajstić information content (AvgIpc) is 3.18. The summed E-state index contributed by atoms with van der Waals surface area (Å²) in [5, 5.41) is 13.9. The Labute approximate surface area is 159 Å². The fraction of sp³-hybridized carbons (Fsp3) is 0.450. The molecule has 2 heterocycles. The first-order valence-electron chi connectivity index (χ1n) is 8.92. The van der Waals surface area contributed by atoms with Crippen molar-refractivity contribution in [3.8, 4) is 17.5 Å². The standard InChI is InChI=1S/C20H24N4O3/c1-15-4-5-18(27-3)17(12-15)24-9-6-16(22-24)19(25)23-10-7-20(13-21,8-11-23)14-26-2/h4-6,9,12H,7-8,10-11,14H2,1-3H3. The molecule has 0 saturated carbocycles. The van der Waals surface area contributed by atoms with Gasteiger partial charge in [-0.1, -0.05) is 6.07 Å². The van der Waals surface area contributed by atoms with E-state index in [-0.39, 0.29) is 5.91 Å². The maximum atomic E-state index is 12.8. The van der Waals surface area contributed by atoms with Gasteiger partial charge in [-0.25, -0.2) is 4.68 Å². The first-order valence-corrected chi connectivity index (χ1v) is 8.92. The van der Waals surface area contributed by atoms with E-state index >= 15 is 0 Å². The highest BCUT2D eigenvalue weighted by molar-refractivity contribution is 5.92. The van der Waals surface area contributed by atoms with Crippen LogP contribution in [0.4, 0.5) is 0 Å². The number of carbonyl (C=O) groups excluding carboxylic acids is 1. The topological polar surface area (TPSA) is 80.4 Å². The summed E-state index contributed by atoms with van der Waals surface area (Å²) < 4.78 is 12.2. The lowest BCUT2D eigenvalue weighted by atomic mass is 9.80. The minimum atomic E-state index is -0.500. The number of rotatable bonds is 5. The van der Waals surface area contributed by atoms with Gasteiger partial charge in [-0.15, -0.1) is 0 Å². The maximum absolute atomic E-state index is 12.8. The molecule has 1 amide bonds. The van der Waals surface area contributed by atoms with Gasteiger partial charge < -0.3 is 14.4 Å². The first kappa shape index (κ1) is 18.9. The summed E-state index contributed by atoms with van der Waals surface area (Å²) in [6, 6.07) is 9.89. The zero-order valence-corrected chi connectivity index (χ0v) is 15.9. The van der Waals surface area contributed by atoms with Gasteiger partial charge in [0, 0.05) is 26.4 Å². The summed E-state index contributed by atoms with van der Waals surface area (Å²) in [4.78, 5) is 14.6. The van der Waals surface area contributed by atoms with E-state index in [2.05, 4.69) is 11.2 Å². The molecule has 0 spiro atoms. The largest absolute Gasteiger partial charge is 0.494 e. The predicted octanol–water partition coefficient (Wildman–Crippen LogP) is 2.58. The van der Waals surface area contributed by atoms with Crippen molar-refractivity contribution in [1.29, 1.82) is 5.26 Å². The summed E-state index contributed by atoms with van der Waals surface area (Å²) in [6.07, 6.45) is 2.98. The van der Waals surface area contributed by atoms with Gasteiger partial charge in [-0.3, -0.25) is 4.79 Å². The summed E-state index contributed by atoms with van der Waals surface area (Å²) in [5.41, 5.74) is 1.75. The number of nitriles is 1. The van der Waals surface area contributed by atoms with E-state index in [4.69, 9.17) is 9.47 Å². The van der Waals surface area contributed by atoms with Crippen molar-refractivity contribution < 1.29 is 14.3 Å². The molecule has 0 unspecified atom stereocenters. The van der Waals surface area contributed by atoms with Gasteiger partial charge in [0.1, 0.15) is 11.4 Å². The molecule has 0 radical (unpaired) electrons. The minimum absolute atomic E-state index is 0.121. The smallest absolute Gasteiger partial charge is 0.274 e. The molecule has 7 heteroatoms. The third kappa shape index (κ3) is 3.81. The lowest BCUT2D eigenvalue weighted by molar-refractivity contribution is 0.0450. The zero-order chi connectivity index (χ0) is 19.4. The third-order valence-electron chi connectivity index (χ3n) is 5.05. The Morgan fingerprint density at radius 3 is 2.67 bits per heavy atom. The van der Waals surface area contributed by atoms with Gasteiger partial charge in [0.25, 0.3) is 5.91 Å². The molecule has 1 saturated heterocycles. The molecule has 1 aliphatic heterocycles. The second kappa shape index (κ2) is 7.80. The number of hydrogen-bond donors (Lipinski definition) is 0. The van der Waals surface area contributed by atoms with Crippen molar-refractivity contribution in [1.82, 2.24) is 14.7 Å². The van der Waals surface area contributed by atoms with Gasteiger partial charge in [-0.05, 0) is 43.5 Å². The first-order chi connectivity index (χ1) is 13.0. The lowest BCUT2D eigenvalue weighted by Gasteiger charge is -2.36. The Kier molecular flexibility index (Phi) is 5.47. The normalized spacial score (nSPS) is 16.0. The van der Waals surface area contributed by atoms with Crippen LogP contribution in [0.5, 0.6) is 5.75 Å². The Morgan fingerprint density at radius 1 is 1.30 bits per heavy atom. The Balaban J connectivity index is 1.75. The molecule has 3 rings (SSSR count). The van der Waals surface area contributed by atoms with E-state index < -0.39 is 5.41 Å². The van der Waals surface area contributed by atoms with Gasteiger partial charge >= 0.3 is 0 Å². The van der Waals surface area contributed by atoms with E-state index in [1.807, 2.05) is 25.1 Å². The Hall–Kier alpha value is -2.85.